The lowest BCUT2D eigenvalue weighted by Gasteiger charge is -2.08. The fraction of sp³-hybridized carbons (Fsp3) is 0.167. The monoisotopic (exact) mass is 430 g/mol. The summed E-state index contributed by atoms with van der Waals surface area (Å²) in [6.07, 6.45) is 1.64. The standard InChI is InChI=1S/C24H22N4O2S/c1-15-4-7-18(8-5-15)13-28-11-10-19(12-22(28)29)23(30)27-24-26-21(14-31-24)20-9-6-16(2)17(3)25-20/h4-12,14H,13H2,1-3H3,(H,26,27,30). The van der Waals surface area contributed by atoms with Crippen LogP contribution in [0.2, 0.25) is 0 Å². The molecule has 4 rings (SSSR count). The van der Waals surface area contributed by atoms with Crippen LogP contribution < -0.4 is 10.9 Å². The van der Waals surface area contributed by atoms with Crippen molar-refractivity contribution in [1.82, 2.24) is 14.5 Å². The van der Waals surface area contributed by atoms with Gasteiger partial charge in [-0.25, -0.2) is 4.98 Å². The summed E-state index contributed by atoms with van der Waals surface area (Å²) in [5, 5.41) is 5.08. The van der Waals surface area contributed by atoms with Gasteiger partial charge in [0.15, 0.2) is 5.13 Å². The summed E-state index contributed by atoms with van der Waals surface area (Å²) in [5.74, 6) is -0.367. The molecular weight excluding hydrogens is 408 g/mol. The highest BCUT2D eigenvalue weighted by Gasteiger charge is 2.12. The summed E-state index contributed by atoms with van der Waals surface area (Å²) in [5.41, 5.74) is 5.79. The minimum Gasteiger partial charge on any atom is -0.311 e. The number of benzene rings is 1. The summed E-state index contributed by atoms with van der Waals surface area (Å²) in [4.78, 5) is 34.1. The van der Waals surface area contributed by atoms with Crippen LogP contribution >= 0.6 is 11.3 Å². The van der Waals surface area contributed by atoms with Gasteiger partial charge in [0.2, 0.25) is 0 Å². The van der Waals surface area contributed by atoms with Gasteiger partial charge >= 0.3 is 0 Å². The summed E-state index contributed by atoms with van der Waals surface area (Å²) >= 11 is 1.32. The molecular formula is C24H22N4O2S. The normalized spacial score (nSPS) is 10.8. The van der Waals surface area contributed by atoms with Crippen molar-refractivity contribution in [3.8, 4) is 11.4 Å². The van der Waals surface area contributed by atoms with Crippen molar-refractivity contribution < 1.29 is 4.79 Å². The smallest absolute Gasteiger partial charge is 0.257 e. The van der Waals surface area contributed by atoms with Crippen LogP contribution in [0.25, 0.3) is 11.4 Å². The van der Waals surface area contributed by atoms with Gasteiger partial charge < -0.3 is 4.57 Å². The van der Waals surface area contributed by atoms with E-state index in [1.54, 1.807) is 16.8 Å². The average molecular weight is 431 g/mol. The lowest BCUT2D eigenvalue weighted by atomic mass is 10.1. The van der Waals surface area contributed by atoms with Crippen molar-refractivity contribution in [3.63, 3.8) is 0 Å². The molecule has 0 saturated carbocycles. The molecule has 0 aliphatic rings. The molecule has 0 radical (unpaired) electrons. The van der Waals surface area contributed by atoms with Gasteiger partial charge in [-0.05, 0) is 44.0 Å². The number of hydrogen-bond donors (Lipinski definition) is 1. The lowest BCUT2D eigenvalue weighted by Crippen LogP contribution is -2.22. The van der Waals surface area contributed by atoms with Crippen molar-refractivity contribution >= 4 is 22.4 Å². The number of nitrogens with one attached hydrogen (secondary N) is 1. The van der Waals surface area contributed by atoms with Gasteiger partial charge in [0.25, 0.3) is 11.5 Å². The number of carbonyl (C=O) groups is 1. The predicted molar refractivity (Wildman–Crippen MR) is 124 cm³/mol. The molecule has 7 heteroatoms. The molecule has 0 atom stereocenters. The van der Waals surface area contributed by atoms with Crippen LogP contribution in [0.15, 0.2) is 64.9 Å². The summed E-state index contributed by atoms with van der Waals surface area (Å²) in [6, 6.07) is 14.9. The molecule has 0 aliphatic carbocycles. The van der Waals surface area contributed by atoms with Crippen molar-refractivity contribution in [1.29, 1.82) is 0 Å². The van der Waals surface area contributed by atoms with Crippen molar-refractivity contribution in [3.05, 3.63) is 98.4 Å². The van der Waals surface area contributed by atoms with Crippen LogP contribution in [0, 0.1) is 20.8 Å². The van der Waals surface area contributed by atoms with E-state index in [1.807, 2.05) is 62.5 Å². The van der Waals surface area contributed by atoms with Crippen LogP contribution in [0.1, 0.15) is 32.7 Å². The van der Waals surface area contributed by atoms with Gasteiger partial charge in [0, 0.05) is 28.9 Å². The van der Waals surface area contributed by atoms with Gasteiger partial charge in [-0.3, -0.25) is 19.9 Å². The van der Waals surface area contributed by atoms with E-state index in [0.717, 1.165) is 22.5 Å². The Bertz CT molecular complexity index is 1310. The second-order valence-electron chi connectivity index (χ2n) is 7.46. The molecule has 3 aromatic heterocycles. The SMILES string of the molecule is Cc1ccc(Cn2ccc(C(=O)Nc3nc(-c4ccc(C)c(C)n4)cs3)cc2=O)cc1. The average Bonchev–Trinajstić information content (AvgIpc) is 3.21. The van der Waals surface area contributed by atoms with E-state index >= 15 is 0 Å². The van der Waals surface area contributed by atoms with E-state index in [2.05, 4.69) is 15.3 Å². The van der Waals surface area contributed by atoms with Crippen LogP contribution in [0.3, 0.4) is 0 Å². The Balaban J connectivity index is 1.47. The first-order valence-corrected chi connectivity index (χ1v) is 10.7. The Morgan fingerprint density at radius 2 is 1.77 bits per heavy atom. The van der Waals surface area contributed by atoms with Crippen LogP contribution in [-0.2, 0) is 6.54 Å². The van der Waals surface area contributed by atoms with E-state index in [0.29, 0.717) is 22.9 Å². The number of thiazole rings is 1. The first-order chi connectivity index (χ1) is 14.9. The molecule has 4 aromatic rings. The molecule has 0 fully saturated rings. The Kier molecular flexibility index (Phi) is 5.77. The van der Waals surface area contributed by atoms with Crippen molar-refractivity contribution in [2.75, 3.05) is 5.32 Å². The van der Waals surface area contributed by atoms with Gasteiger partial charge in [-0.1, -0.05) is 35.9 Å². The minimum atomic E-state index is -0.367. The summed E-state index contributed by atoms with van der Waals surface area (Å²) < 4.78 is 1.58. The molecule has 1 N–H and O–H groups in total. The second kappa shape index (κ2) is 8.65. The molecule has 31 heavy (non-hydrogen) atoms. The molecule has 0 bridgehead atoms. The minimum absolute atomic E-state index is 0.229. The first kappa shape index (κ1) is 20.7. The Morgan fingerprint density at radius 3 is 2.48 bits per heavy atom. The number of nitrogens with zero attached hydrogens (tertiary/aromatic N) is 3. The fourth-order valence-corrected chi connectivity index (χ4v) is 3.76. The van der Waals surface area contributed by atoms with Gasteiger partial charge in [0.1, 0.15) is 5.69 Å². The third-order valence-electron chi connectivity index (χ3n) is 5.07. The third kappa shape index (κ3) is 4.78. The third-order valence-corrected chi connectivity index (χ3v) is 5.83. The molecule has 1 aromatic carbocycles. The summed E-state index contributed by atoms with van der Waals surface area (Å²) in [7, 11) is 0. The van der Waals surface area contributed by atoms with Gasteiger partial charge in [-0.2, -0.15) is 0 Å². The number of carbonyl (C=O) groups excluding carboxylic acids is 1. The first-order valence-electron chi connectivity index (χ1n) is 9.86. The highest BCUT2D eigenvalue weighted by atomic mass is 32.1. The maximum atomic E-state index is 12.6. The topological polar surface area (TPSA) is 76.9 Å². The summed E-state index contributed by atoms with van der Waals surface area (Å²) in [6.45, 7) is 6.44. The molecule has 0 aliphatic heterocycles. The van der Waals surface area contributed by atoms with Crippen LogP contribution in [-0.4, -0.2) is 20.4 Å². The van der Waals surface area contributed by atoms with E-state index in [4.69, 9.17) is 0 Å². The van der Waals surface area contributed by atoms with E-state index in [1.165, 1.54) is 23.0 Å². The number of pyridine rings is 2. The molecule has 0 unspecified atom stereocenters. The van der Waals surface area contributed by atoms with Gasteiger partial charge in [0.05, 0.1) is 12.2 Å². The Hall–Kier alpha value is -3.58. The molecule has 6 nitrogen and oxygen atoms in total. The van der Waals surface area contributed by atoms with Crippen LogP contribution in [0.5, 0.6) is 0 Å². The fourth-order valence-electron chi connectivity index (χ4n) is 3.06. The predicted octanol–water partition coefficient (Wildman–Crippen LogP) is 4.59. The zero-order valence-electron chi connectivity index (χ0n) is 17.5. The number of hydrogen-bond acceptors (Lipinski definition) is 5. The lowest BCUT2D eigenvalue weighted by molar-refractivity contribution is 0.102. The largest absolute Gasteiger partial charge is 0.311 e. The highest BCUT2D eigenvalue weighted by molar-refractivity contribution is 7.14. The highest BCUT2D eigenvalue weighted by Crippen LogP contribution is 2.24. The zero-order chi connectivity index (χ0) is 22.0. The van der Waals surface area contributed by atoms with E-state index in [-0.39, 0.29) is 11.5 Å². The maximum Gasteiger partial charge on any atom is 0.257 e. The Labute approximate surface area is 184 Å². The number of rotatable bonds is 5. The number of amides is 1. The zero-order valence-corrected chi connectivity index (χ0v) is 18.4. The van der Waals surface area contributed by atoms with E-state index in [9.17, 15) is 9.59 Å². The Morgan fingerprint density at radius 1 is 1.00 bits per heavy atom. The molecule has 156 valence electrons. The molecule has 0 saturated heterocycles. The maximum absolute atomic E-state index is 12.6. The molecule has 1 amide bonds. The quantitative estimate of drug-likeness (QED) is 0.502. The number of anilines is 1. The van der Waals surface area contributed by atoms with Crippen molar-refractivity contribution in [2.24, 2.45) is 0 Å². The molecule has 0 spiro atoms. The van der Waals surface area contributed by atoms with Crippen LogP contribution in [0.4, 0.5) is 5.13 Å². The number of aromatic nitrogens is 3. The number of aryl methyl sites for hydroxylation is 3. The van der Waals surface area contributed by atoms with E-state index < -0.39 is 0 Å². The second-order valence-corrected chi connectivity index (χ2v) is 8.32. The van der Waals surface area contributed by atoms with Gasteiger partial charge in [-0.15, -0.1) is 11.3 Å². The van der Waals surface area contributed by atoms with Crippen molar-refractivity contribution in [2.45, 2.75) is 27.3 Å². The molecule has 3 heterocycles.